The lowest BCUT2D eigenvalue weighted by molar-refractivity contribution is -0.134. The third kappa shape index (κ3) is 3.91. The van der Waals surface area contributed by atoms with Crippen molar-refractivity contribution in [2.45, 2.75) is 0 Å². The number of carbonyl (C=O) groups is 2. The van der Waals surface area contributed by atoms with Crippen LogP contribution in [-0.2, 0) is 4.79 Å². The van der Waals surface area contributed by atoms with Crippen LogP contribution < -0.4 is 4.74 Å². The summed E-state index contributed by atoms with van der Waals surface area (Å²) in [6, 6.07) is 3.19. The van der Waals surface area contributed by atoms with E-state index in [0.29, 0.717) is 13.1 Å². The summed E-state index contributed by atoms with van der Waals surface area (Å²) in [6.45, 7) is 2.57. The van der Waals surface area contributed by atoms with Gasteiger partial charge >= 0.3 is 5.97 Å². The van der Waals surface area contributed by atoms with Crippen LogP contribution in [-0.4, -0.2) is 66.6 Å². The molecule has 2 rings (SSSR count). The Morgan fingerprint density at radius 1 is 1.29 bits per heavy atom. The zero-order valence-electron chi connectivity index (χ0n) is 11.7. The zero-order chi connectivity index (χ0) is 15.4. The molecule has 1 aliphatic rings. The first-order chi connectivity index (χ1) is 9.97. The van der Waals surface area contributed by atoms with Crippen molar-refractivity contribution in [3.05, 3.63) is 29.6 Å². The predicted octanol–water partition coefficient (Wildman–Crippen LogP) is 0.677. The van der Waals surface area contributed by atoms with Gasteiger partial charge in [0.1, 0.15) is 17.1 Å². The van der Waals surface area contributed by atoms with Crippen LogP contribution in [0, 0.1) is 5.82 Å². The second kappa shape index (κ2) is 6.53. The van der Waals surface area contributed by atoms with Crippen LogP contribution in [0.1, 0.15) is 10.4 Å². The molecule has 1 saturated heterocycles. The number of amides is 1. The van der Waals surface area contributed by atoms with Crippen molar-refractivity contribution >= 4 is 11.9 Å². The first-order valence-electron chi connectivity index (χ1n) is 6.59. The van der Waals surface area contributed by atoms with Crippen LogP contribution in [0.25, 0.3) is 0 Å². The molecule has 0 unspecified atom stereocenters. The van der Waals surface area contributed by atoms with Gasteiger partial charge in [-0.15, -0.1) is 0 Å². The molecule has 0 atom stereocenters. The fourth-order valence-electron chi connectivity index (χ4n) is 2.08. The summed E-state index contributed by atoms with van der Waals surface area (Å²) in [5.74, 6) is -2.17. The van der Waals surface area contributed by atoms with Gasteiger partial charge in [-0.2, -0.15) is 0 Å². The number of piperazine rings is 1. The molecule has 1 aromatic carbocycles. The maximum absolute atomic E-state index is 13.0. The summed E-state index contributed by atoms with van der Waals surface area (Å²) in [4.78, 5) is 26.8. The Hall–Kier alpha value is -2.15. The van der Waals surface area contributed by atoms with E-state index in [4.69, 9.17) is 9.84 Å². The Balaban J connectivity index is 1.96. The van der Waals surface area contributed by atoms with Gasteiger partial charge in [-0.05, 0) is 25.2 Å². The molecule has 1 N–H and O–H groups in total. The molecular weight excluding hydrogens is 279 g/mol. The maximum atomic E-state index is 13.0. The number of carboxylic acids is 1. The van der Waals surface area contributed by atoms with Gasteiger partial charge in [-0.3, -0.25) is 4.79 Å². The number of likely N-dealkylation sites (N-methyl/N-ethyl adjacent to an activating group) is 1. The summed E-state index contributed by atoms with van der Waals surface area (Å²) < 4.78 is 18.3. The van der Waals surface area contributed by atoms with Gasteiger partial charge in [-0.1, -0.05) is 0 Å². The number of halogens is 1. The molecule has 6 nitrogen and oxygen atoms in total. The van der Waals surface area contributed by atoms with E-state index in [0.717, 1.165) is 25.2 Å². The largest absolute Gasteiger partial charge is 0.483 e. The SMILES string of the molecule is CN1CCN(C(=O)COc2ccc(F)cc2C(=O)O)CC1. The average molecular weight is 296 g/mol. The second-order valence-corrected chi connectivity index (χ2v) is 4.92. The number of aromatic carboxylic acids is 1. The number of ether oxygens (including phenoxy) is 1. The highest BCUT2D eigenvalue weighted by Gasteiger charge is 2.20. The van der Waals surface area contributed by atoms with Crippen LogP contribution in [0.15, 0.2) is 18.2 Å². The van der Waals surface area contributed by atoms with Gasteiger partial charge < -0.3 is 19.6 Å². The van der Waals surface area contributed by atoms with Gasteiger partial charge in [0.2, 0.25) is 0 Å². The lowest BCUT2D eigenvalue weighted by atomic mass is 10.2. The number of carbonyl (C=O) groups excluding carboxylic acids is 1. The molecule has 1 heterocycles. The van der Waals surface area contributed by atoms with E-state index in [1.807, 2.05) is 7.05 Å². The molecular formula is C14H17FN2O4. The fourth-order valence-corrected chi connectivity index (χ4v) is 2.08. The van der Waals surface area contributed by atoms with Crippen molar-refractivity contribution in [3.63, 3.8) is 0 Å². The van der Waals surface area contributed by atoms with Crippen molar-refractivity contribution in [1.29, 1.82) is 0 Å². The number of hydrogen-bond donors (Lipinski definition) is 1. The Morgan fingerprint density at radius 2 is 1.95 bits per heavy atom. The molecule has 7 heteroatoms. The van der Waals surface area contributed by atoms with E-state index in [-0.39, 0.29) is 23.8 Å². The molecule has 1 aromatic rings. The van der Waals surface area contributed by atoms with Gasteiger partial charge in [0.05, 0.1) is 0 Å². The van der Waals surface area contributed by atoms with Crippen molar-refractivity contribution in [2.24, 2.45) is 0 Å². The molecule has 0 saturated carbocycles. The van der Waals surface area contributed by atoms with Crippen LogP contribution in [0.4, 0.5) is 4.39 Å². The number of nitrogens with zero attached hydrogens (tertiary/aromatic N) is 2. The fraction of sp³-hybridized carbons (Fsp3) is 0.429. The standard InChI is InChI=1S/C14H17FN2O4/c1-16-4-6-17(7-5-16)13(18)9-21-12-3-2-10(15)8-11(12)14(19)20/h2-3,8H,4-7,9H2,1H3,(H,19,20). The van der Waals surface area contributed by atoms with E-state index in [1.165, 1.54) is 6.07 Å². The van der Waals surface area contributed by atoms with Crippen LogP contribution in [0.2, 0.25) is 0 Å². The smallest absolute Gasteiger partial charge is 0.339 e. The minimum Gasteiger partial charge on any atom is -0.483 e. The topological polar surface area (TPSA) is 70.1 Å². The third-order valence-electron chi connectivity index (χ3n) is 3.38. The number of carboxylic acid groups (broad SMARTS) is 1. The maximum Gasteiger partial charge on any atom is 0.339 e. The van der Waals surface area contributed by atoms with E-state index in [2.05, 4.69) is 4.90 Å². The highest BCUT2D eigenvalue weighted by molar-refractivity contribution is 5.91. The highest BCUT2D eigenvalue weighted by Crippen LogP contribution is 2.19. The zero-order valence-corrected chi connectivity index (χ0v) is 11.7. The molecule has 0 aliphatic carbocycles. The van der Waals surface area contributed by atoms with Crippen molar-refractivity contribution in [1.82, 2.24) is 9.80 Å². The summed E-state index contributed by atoms with van der Waals surface area (Å²) in [5, 5.41) is 8.99. The molecule has 1 fully saturated rings. The lowest BCUT2D eigenvalue weighted by Gasteiger charge is -2.32. The number of rotatable bonds is 4. The molecule has 0 radical (unpaired) electrons. The Morgan fingerprint density at radius 3 is 2.57 bits per heavy atom. The molecule has 21 heavy (non-hydrogen) atoms. The first kappa shape index (κ1) is 15.2. The van der Waals surface area contributed by atoms with Gasteiger partial charge in [-0.25, -0.2) is 9.18 Å². The van der Waals surface area contributed by atoms with Gasteiger partial charge in [0, 0.05) is 26.2 Å². The molecule has 1 aliphatic heterocycles. The second-order valence-electron chi connectivity index (χ2n) is 4.92. The molecule has 0 bridgehead atoms. The van der Waals surface area contributed by atoms with Gasteiger partial charge in [0.15, 0.2) is 6.61 Å². The first-order valence-corrected chi connectivity index (χ1v) is 6.59. The Bertz CT molecular complexity index is 542. The van der Waals surface area contributed by atoms with Crippen molar-refractivity contribution in [2.75, 3.05) is 39.8 Å². The molecule has 1 amide bonds. The highest BCUT2D eigenvalue weighted by atomic mass is 19.1. The van der Waals surface area contributed by atoms with E-state index in [9.17, 15) is 14.0 Å². The van der Waals surface area contributed by atoms with Gasteiger partial charge in [0.25, 0.3) is 5.91 Å². The summed E-state index contributed by atoms with van der Waals surface area (Å²) in [6.07, 6.45) is 0. The third-order valence-corrected chi connectivity index (χ3v) is 3.38. The lowest BCUT2D eigenvalue weighted by Crippen LogP contribution is -2.48. The number of hydrogen-bond acceptors (Lipinski definition) is 4. The minimum absolute atomic E-state index is 0.00798. The molecule has 114 valence electrons. The van der Waals surface area contributed by atoms with Crippen LogP contribution in [0.3, 0.4) is 0 Å². The van der Waals surface area contributed by atoms with E-state index >= 15 is 0 Å². The normalized spacial score (nSPS) is 15.8. The minimum atomic E-state index is -1.29. The summed E-state index contributed by atoms with van der Waals surface area (Å²) in [7, 11) is 1.98. The summed E-state index contributed by atoms with van der Waals surface area (Å²) in [5.41, 5.74) is -0.291. The Kier molecular flexibility index (Phi) is 4.74. The van der Waals surface area contributed by atoms with E-state index < -0.39 is 11.8 Å². The monoisotopic (exact) mass is 296 g/mol. The van der Waals surface area contributed by atoms with Crippen molar-refractivity contribution in [3.8, 4) is 5.75 Å². The Labute approximate surface area is 121 Å². The quantitative estimate of drug-likeness (QED) is 0.884. The average Bonchev–Trinajstić information content (AvgIpc) is 2.46. The van der Waals surface area contributed by atoms with Crippen molar-refractivity contribution < 1.29 is 23.8 Å². The summed E-state index contributed by atoms with van der Waals surface area (Å²) >= 11 is 0. The number of benzene rings is 1. The molecule has 0 aromatic heterocycles. The van der Waals surface area contributed by atoms with E-state index in [1.54, 1.807) is 4.90 Å². The molecule has 0 spiro atoms. The predicted molar refractivity (Wildman–Crippen MR) is 72.9 cm³/mol. The van der Waals surface area contributed by atoms with Crippen LogP contribution in [0.5, 0.6) is 5.75 Å². The van der Waals surface area contributed by atoms with Crippen LogP contribution >= 0.6 is 0 Å².